The van der Waals surface area contributed by atoms with Gasteiger partial charge >= 0.3 is 0 Å². The molecule has 0 aliphatic carbocycles. The molecule has 7 aromatic rings. The molecule has 36 heavy (non-hydrogen) atoms. The lowest BCUT2D eigenvalue weighted by molar-refractivity contribution is 0.628. The normalized spacial score (nSPS) is 11.5. The van der Waals surface area contributed by atoms with Gasteiger partial charge in [0, 0.05) is 16.3 Å². The summed E-state index contributed by atoms with van der Waals surface area (Å²) in [5.41, 5.74) is 8.50. The number of benzene rings is 6. The minimum absolute atomic E-state index is 0.218. The average Bonchev–Trinajstić information content (AvgIpc) is 3.32. The van der Waals surface area contributed by atoms with Crippen LogP contribution in [0, 0.1) is 5.82 Å². The first-order valence-corrected chi connectivity index (χ1v) is 12.0. The first-order valence-electron chi connectivity index (χ1n) is 12.0. The zero-order chi connectivity index (χ0) is 24.1. The zero-order valence-electron chi connectivity index (χ0n) is 19.4. The zero-order valence-corrected chi connectivity index (χ0v) is 19.4. The lowest BCUT2D eigenvalue weighted by Gasteiger charge is -2.08. The topological polar surface area (TPSA) is 13.1 Å². The second-order valence-corrected chi connectivity index (χ2v) is 9.14. The Bertz CT molecular complexity index is 1880. The van der Waals surface area contributed by atoms with Gasteiger partial charge in [0.1, 0.15) is 17.0 Å². The molecule has 0 atom stereocenters. The van der Waals surface area contributed by atoms with Gasteiger partial charge in [0.2, 0.25) is 0 Å². The summed E-state index contributed by atoms with van der Waals surface area (Å²) < 4.78 is 19.5. The maximum atomic E-state index is 13.3. The van der Waals surface area contributed by atoms with Crippen molar-refractivity contribution in [2.24, 2.45) is 0 Å². The third-order valence-electron chi connectivity index (χ3n) is 6.95. The first-order chi connectivity index (χ1) is 17.7. The van der Waals surface area contributed by atoms with E-state index in [0.717, 1.165) is 49.6 Å². The van der Waals surface area contributed by atoms with Crippen LogP contribution >= 0.6 is 0 Å². The fourth-order valence-corrected chi connectivity index (χ4v) is 5.06. The average molecular weight is 465 g/mol. The van der Waals surface area contributed by atoms with Crippen LogP contribution in [0.5, 0.6) is 0 Å². The van der Waals surface area contributed by atoms with E-state index in [2.05, 4.69) is 84.9 Å². The molecule has 0 N–H and O–H groups in total. The van der Waals surface area contributed by atoms with Crippen LogP contribution in [0.25, 0.3) is 66.1 Å². The van der Waals surface area contributed by atoms with Gasteiger partial charge in [-0.15, -0.1) is 0 Å². The van der Waals surface area contributed by atoms with Crippen molar-refractivity contribution < 1.29 is 8.81 Å². The summed E-state index contributed by atoms with van der Waals surface area (Å²) in [4.78, 5) is 0. The van der Waals surface area contributed by atoms with Gasteiger partial charge in [0.25, 0.3) is 0 Å². The van der Waals surface area contributed by atoms with E-state index in [0.29, 0.717) is 0 Å². The van der Waals surface area contributed by atoms with Crippen molar-refractivity contribution in [3.63, 3.8) is 0 Å². The first kappa shape index (κ1) is 20.7. The minimum Gasteiger partial charge on any atom is -0.455 e. The summed E-state index contributed by atoms with van der Waals surface area (Å²) in [7, 11) is 0. The number of furan rings is 1. The number of hydrogen-bond donors (Lipinski definition) is 0. The molecular weight excluding hydrogens is 443 g/mol. The van der Waals surface area contributed by atoms with E-state index < -0.39 is 0 Å². The van der Waals surface area contributed by atoms with Crippen molar-refractivity contribution >= 4 is 32.7 Å². The second kappa shape index (κ2) is 8.21. The van der Waals surface area contributed by atoms with Gasteiger partial charge in [-0.1, -0.05) is 97.1 Å². The fourth-order valence-electron chi connectivity index (χ4n) is 5.06. The molecule has 0 aliphatic rings. The van der Waals surface area contributed by atoms with E-state index in [1.807, 2.05) is 30.3 Å². The molecule has 170 valence electrons. The Morgan fingerprint density at radius 2 is 1.00 bits per heavy atom. The van der Waals surface area contributed by atoms with Crippen molar-refractivity contribution in [2.75, 3.05) is 0 Å². The minimum atomic E-state index is -0.218. The van der Waals surface area contributed by atoms with E-state index in [1.165, 1.54) is 28.6 Å². The van der Waals surface area contributed by atoms with Crippen molar-refractivity contribution in [3.05, 3.63) is 133 Å². The Hall–Kier alpha value is -4.69. The monoisotopic (exact) mass is 464 g/mol. The maximum absolute atomic E-state index is 13.3. The van der Waals surface area contributed by atoms with Gasteiger partial charge in [-0.2, -0.15) is 0 Å². The molecule has 0 aliphatic heterocycles. The summed E-state index contributed by atoms with van der Waals surface area (Å²) in [5.74, 6) is -0.218. The standard InChI is InChI=1S/C34H21FO/c35-29-18-16-23(17-19-29)26-13-15-27-20-25(12-14-28(27)21-26)22-8-10-24(11-9-22)30-5-3-6-32-31-4-1-2-7-33(31)36-34(30)32/h1-21H. The lowest BCUT2D eigenvalue weighted by Crippen LogP contribution is -1.83. The highest BCUT2D eigenvalue weighted by atomic mass is 19.1. The summed E-state index contributed by atoms with van der Waals surface area (Å²) in [6, 6.07) is 42.7. The van der Waals surface area contributed by atoms with Crippen LogP contribution in [0.3, 0.4) is 0 Å². The van der Waals surface area contributed by atoms with E-state index in [1.54, 1.807) is 0 Å². The van der Waals surface area contributed by atoms with Gasteiger partial charge in [-0.3, -0.25) is 0 Å². The third kappa shape index (κ3) is 3.47. The largest absolute Gasteiger partial charge is 0.455 e. The molecule has 2 heteroatoms. The van der Waals surface area contributed by atoms with Gasteiger partial charge in [-0.25, -0.2) is 4.39 Å². The quantitative estimate of drug-likeness (QED) is 0.254. The second-order valence-electron chi connectivity index (χ2n) is 9.14. The molecule has 7 rings (SSSR count). The third-order valence-corrected chi connectivity index (χ3v) is 6.95. The highest BCUT2D eigenvalue weighted by molar-refractivity contribution is 6.09. The summed E-state index contributed by atoms with van der Waals surface area (Å²) >= 11 is 0. The molecule has 0 bridgehead atoms. The Balaban J connectivity index is 1.23. The smallest absolute Gasteiger partial charge is 0.143 e. The number of hydrogen-bond acceptors (Lipinski definition) is 1. The highest BCUT2D eigenvalue weighted by Gasteiger charge is 2.12. The van der Waals surface area contributed by atoms with Gasteiger partial charge in [0.05, 0.1) is 0 Å². The van der Waals surface area contributed by atoms with Gasteiger partial charge in [0.15, 0.2) is 0 Å². The number of fused-ring (bicyclic) bond motifs is 4. The number of halogens is 1. The van der Waals surface area contributed by atoms with Gasteiger partial charge < -0.3 is 4.42 Å². The van der Waals surface area contributed by atoms with Crippen LogP contribution in [0.15, 0.2) is 132 Å². The fraction of sp³-hybridized carbons (Fsp3) is 0. The van der Waals surface area contributed by atoms with E-state index in [9.17, 15) is 4.39 Å². The van der Waals surface area contributed by atoms with Crippen molar-refractivity contribution in [3.8, 4) is 33.4 Å². The Kier molecular flexibility index (Phi) is 4.71. The highest BCUT2D eigenvalue weighted by Crippen LogP contribution is 2.36. The van der Waals surface area contributed by atoms with Crippen LogP contribution in [0.2, 0.25) is 0 Å². The number of para-hydroxylation sites is 2. The van der Waals surface area contributed by atoms with Crippen LogP contribution in [-0.2, 0) is 0 Å². The summed E-state index contributed by atoms with van der Waals surface area (Å²) in [5, 5.41) is 4.62. The van der Waals surface area contributed by atoms with Crippen molar-refractivity contribution in [1.29, 1.82) is 0 Å². The molecular formula is C34H21FO. The van der Waals surface area contributed by atoms with E-state index >= 15 is 0 Å². The molecule has 0 saturated heterocycles. The van der Waals surface area contributed by atoms with Crippen LogP contribution in [0.4, 0.5) is 4.39 Å². The molecule has 1 aromatic heterocycles. The lowest BCUT2D eigenvalue weighted by atomic mass is 9.96. The van der Waals surface area contributed by atoms with E-state index in [4.69, 9.17) is 4.42 Å². The Morgan fingerprint density at radius 1 is 0.444 bits per heavy atom. The van der Waals surface area contributed by atoms with Crippen molar-refractivity contribution in [1.82, 2.24) is 0 Å². The SMILES string of the molecule is Fc1ccc(-c2ccc3cc(-c4ccc(-c5cccc6c5oc5ccccc56)cc4)ccc3c2)cc1. The Morgan fingerprint density at radius 3 is 1.69 bits per heavy atom. The summed E-state index contributed by atoms with van der Waals surface area (Å²) in [6.07, 6.45) is 0. The van der Waals surface area contributed by atoms with Crippen LogP contribution in [0.1, 0.15) is 0 Å². The van der Waals surface area contributed by atoms with E-state index in [-0.39, 0.29) is 5.82 Å². The van der Waals surface area contributed by atoms with Crippen molar-refractivity contribution in [2.45, 2.75) is 0 Å². The molecule has 1 heterocycles. The number of rotatable bonds is 3. The summed E-state index contributed by atoms with van der Waals surface area (Å²) in [6.45, 7) is 0. The molecule has 1 nitrogen and oxygen atoms in total. The van der Waals surface area contributed by atoms with Crippen LogP contribution in [-0.4, -0.2) is 0 Å². The van der Waals surface area contributed by atoms with Crippen LogP contribution < -0.4 is 0 Å². The molecule has 0 spiro atoms. The molecule has 0 amide bonds. The Labute approximate surface area is 208 Å². The predicted octanol–water partition coefficient (Wildman–Crippen LogP) is 9.88. The predicted molar refractivity (Wildman–Crippen MR) is 147 cm³/mol. The molecule has 0 unspecified atom stereocenters. The molecule has 0 radical (unpaired) electrons. The molecule has 0 saturated carbocycles. The van der Waals surface area contributed by atoms with Gasteiger partial charge in [-0.05, 0) is 68.9 Å². The maximum Gasteiger partial charge on any atom is 0.143 e. The molecule has 0 fully saturated rings. The molecule has 6 aromatic carbocycles.